The van der Waals surface area contributed by atoms with Crippen LogP contribution in [0.15, 0.2) is 24.4 Å². The van der Waals surface area contributed by atoms with Gasteiger partial charge in [0.25, 0.3) is 0 Å². The van der Waals surface area contributed by atoms with Crippen LogP contribution in [0.3, 0.4) is 0 Å². The summed E-state index contributed by atoms with van der Waals surface area (Å²) in [7, 11) is 0. The van der Waals surface area contributed by atoms with E-state index in [1.165, 1.54) is 18.9 Å². The van der Waals surface area contributed by atoms with Crippen LogP contribution in [-0.4, -0.2) is 33.4 Å². The number of carbonyl (C=O) groups excluding carboxylic acids is 2. The zero-order valence-electron chi connectivity index (χ0n) is 20.7. The molecule has 190 valence electrons. The molecule has 2 fully saturated rings. The number of nitrogens with zero attached hydrogens (tertiary/aromatic N) is 3. The molecular weight excluding hydrogens is 447 g/mol. The lowest BCUT2D eigenvalue weighted by molar-refractivity contribution is -0.136. The summed E-state index contributed by atoms with van der Waals surface area (Å²) in [5.41, 5.74) is 2.17. The Bertz CT molecular complexity index is 1000. The SMILES string of the molecule is CCC[C@@H](Cn1nncc1CCCCCC1CCC(=O)NC1=O)c1ccc(F)c(OCC2CC2)c1. The highest BCUT2D eigenvalue weighted by Crippen LogP contribution is 2.32. The second kappa shape index (κ2) is 12.3. The minimum absolute atomic E-state index is 0.0384. The summed E-state index contributed by atoms with van der Waals surface area (Å²) in [5.74, 6) is 0.517. The molecule has 2 atom stereocenters. The number of carbonyl (C=O) groups is 2. The van der Waals surface area contributed by atoms with E-state index >= 15 is 0 Å². The van der Waals surface area contributed by atoms with Crippen molar-refractivity contribution in [3.8, 4) is 5.75 Å². The number of hydrogen-bond donors (Lipinski definition) is 1. The van der Waals surface area contributed by atoms with Gasteiger partial charge in [0.15, 0.2) is 11.6 Å². The lowest BCUT2D eigenvalue weighted by atomic mass is 9.92. The smallest absolute Gasteiger partial charge is 0.229 e. The predicted molar refractivity (Wildman–Crippen MR) is 130 cm³/mol. The molecule has 0 radical (unpaired) electrons. The number of piperidine rings is 1. The Morgan fingerprint density at radius 2 is 2.06 bits per heavy atom. The summed E-state index contributed by atoms with van der Waals surface area (Å²) >= 11 is 0. The van der Waals surface area contributed by atoms with Gasteiger partial charge in [-0.2, -0.15) is 0 Å². The number of imide groups is 1. The summed E-state index contributed by atoms with van der Waals surface area (Å²) < 4.78 is 22.1. The summed E-state index contributed by atoms with van der Waals surface area (Å²) in [6, 6.07) is 5.25. The van der Waals surface area contributed by atoms with Gasteiger partial charge in [0.1, 0.15) is 0 Å². The molecule has 1 aromatic heterocycles. The molecule has 2 heterocycles. The van der Waals surface area contributed by atoms with Gasteiger partial charge in [-0.1, -0.05) is 37.5 Å². The van der Waals surface area contributed by atoms with E-state index in [1.54, 1.807) is 0 Å². The molecule has 2 aromatic rings. The van der Waals surface area contributed by atoms with Gasteiger partial charge in [0.05, 0.1) is 18.5 Å². The number of nitrogens with one attached hydrogen (secondary N) is 1. The predicted octanol–water partition coefficient (Wildman–Crippen LogP) is 4.95. The first-order valence-electron chi connectivity index (χ1n) is 13.2. The van der Waals surface area contributed by atoms with Crippen molar-refractivity contribution in [2.45, 2.75) is 90.0 Å². The van der Waals surface area contributed by atoms with Gasteiger partial charge < -0.3 is 4.74 Å². The van der Waals surface area contributed by atoms with Crippen molar-refractivity contribution in [1.29, 1.82) is 0 Å². The van der Waals surface area contributed by atoms with Crippen molar-refractivity contribution in [2.75, 3.05) is 6.61 Å². The largest absolute Gasteiger partial charge is 0.490 e. The quantitative estimate of drug-likeness (QED) is 0.303. The molecule has 2 amide bonds. The van der Waals surface area contributed by atoms with Crippen LogP contribution in [0.2, 0.25) is 0 Å². The Hall–Kier alpha value is -2.77. The molecule has 1 aliphatic heterocycles. The van der Waals surface area contributed by atoms with E-state index in [0.717, 1.165) is 56.2 Å². The van der Waals surface area contributed by atoms with Gasteiger partial charge in [-0.3, -0.25) is 14.9 Å². The number of aromatic nitrogens is 3. The van der Waals surface area contributed by atoms with Crippen molar-refractivity contribution in [3.05, 3.63) is 41.5 Å². The third-order valence-corrected chi connectivity index (χ3v) is 7.17. The summed E-state index contributed by atoms with van der Waals surface area (Å²) in [5, 5.41) is 10.9. The van der Waals surface area contributed by atoms with E-state index < -0.39 is 0 Å². The Balaban J connectivity index is 1.29. The van der Waals surface area contributed by atoms with Crippen LogP contribution in [0.4, 0.5) is 4.39 Å². The van der Waals surface area contributed by atoms with Gasteiger partial charge in [-0.05, 0) is 68.6 Å². The third kappa shape index (κ3) is 7.36. The second-order valence-corrected chi connectivity index (χ2v) is 10.1. The number of hydrogen-bond acceptors (Lipinski definition) is 5. The maximum atomic E-state index is 14.3. The van der Waals surface area contributed by atoms with Crippen molar-refractivity contribution < 1.29 is 18.7 Å². The van der Waals surface area contributed by atoms with Crippen molar-refractivity contribution in [3.63, 3.8) is 0 Å². The number of halogens is 1. The van der Waals surface area contributed by atoms with Gasteiger partial charge in [-0.15, -0.1) is 5.10 Å². The summed E-state index contributed by atoms with van der Waals surface area (Å²) in [6.45, 7) is 3.45. The maximum absolute atomic E-state index is 14.3. The van der Waals surface area contributed by atoms with Gasteiger partial charge in [0.2, 0.25) is 11.8 Å². The molecule has 0 spiro atoms. The zero-order chi connectivity index (χ0) is 24.6. The fourth-order valence-corrected chi connectivity index (χ4v) is 4.81. The summed E-state index contributed by atoms with van der Waals surface area (Å²) in [6.07, 6.45) is 11.9. The first-order chi connectivity index (χ1) is 17.0. The standard InChI is InChI=1S/C27H37FN4O3/c1-2-6-22(21-11-13-24(28)25(15-21)35-18-19-9-10-19)17-32-23(16-29-31-32)8-5-3-4-7-20-12-14-26(33)30-27(20)34/h11,13,15-16,19-20,22H,2-10,12,14,17-18H2,1H3,(H,30,33,34)/t20?,22-/m0/s1. The Morgan fingerprint density at radius 3 is 2.83 bits per heavy atom. The van der Waals surface area contributed by atoms with E-state index in [-0.39, 0.29) is 29.5 Å². The molecule has 4 rings (SSSR count). The lowest BCUT2D eigenvalue weighted by Crippen LogP contribution is -2.40. The lowest BCUT2D eigenvalue weighted by Gasteiger charge is -2.20. The third-order valence-electron chi connectivity index (χ3n) is 7.17. The van der Waals surface area contributed by atoms with Crippen LogP contribution in [0, 0.1) is 17.7 Å². The normalized spacial score (nSPS) is 19.0. The molecule has 1 aliphatic carbocycles. The van der Waals surface area contributed by atoms with E-state index in [0.29, 0.717) is 37.7 Å². The van der Waals surface area contributed by atoms with Crippen molar-refractivity contribution in [1.82, 2.24) is 20.3 Å². The van der Waals surface area contributed by atoms with Crippen LogP contribution in [-0.2, 0) is 22.6 Å². The average molecular weight is 485 g/mol. The Labute approximate surface area is 206 Å². The van der Waals surface area contributed by atoms with E-state index in [9.17, 15) is 14.0 Å². The first kappa shape index (κ1) is 25.3. The zero-order valence-corrected chi connectivity index (χ0v) is 20.7. The first-order valence-corrected chi connectivity index (χ1v) is 13.2. The molecule has 7 nitrogen and oxygen atoms in total. The van der Waals surface area contributed by atoms with Gasteiger partial charge in [-0.25, -0.2) is 9.07 Å². The molecule has 1 N–H and O–H groups in total. The minimum Gasteiger partial charge on any atom is -0.490 e. The molecule has 8 heteroatoms. The highest BCUT2D eigenvalue weighted by molar-refractivity contribution is 5.98. The molecule has 1 saturated carbocycles. The molecule has 0 bridgehead atoms. The van der Waals surface area contributed by atoms with E-state index in [4.69, 9.17) is 4.74 Å². The topological polar surface area (TPSA) is 86.1 Å². The highest BCUT2D eigenvalue weighted by atomic mass is 19.1. The average Bonchev–Trinajstić information content (AvgIpc) is 3.57. The van der Waals surface area contributed by atoms with Crippen molar-refractivity contribution in [2.24, 2.45) is 11.8 Å². The summed E-state index contributed by atoms with van der Waals surface area (Å²) in [4.78, 5) is 23.2. The molecule has 1 aromatic carbocycles. The molecule has 35 heavy (non-hydrogen) atoms. The Morgan fingerprint density at radius 1 is 1.20 bits per heavy atom. The van der Waals surface area contributed by atoms with Crippen LogP contribution >= 0.6 is 0 Å². The number of amides is 2. The van der Waals surface area contributed by atoms with Crippen LogP contribution in [0.25, 0.3) is 0 Å². The van der Waals surface area contributed by atoms with Gasteiger partial charge in [0, 0.05) is 24.8 Å². The highest BCUT2D eigenvalue weighted by Gasteiger charge is 2.26. The number of unbranched alkanes of at least 4 members (excludes halogenated alkanes) is 2. The molecular formula is C27H37FN4O3. The monoisotopic (exact) mass is 484 g/mol. The second-order valence-electron chi connectivity index (χ2n) is 10.1. The fraction of sp³-hybridized carbons (Fsp3) is 0.630. The van der Waals surface area contributed by atoms with E-state index in [1.807, 2.05) is 23.0 Å². The number of aryl methyl sites for hydroxylation is 1. The minimum atomic E-state index is -0.302. The molecule has 1 unspecified atom stereocenters. The van der Waals surface area contributed by atoms with Crippen LogP contribution < -0.4 is 10.1 Å². The fourth-order valence-electron chi connectivity index (χ4n) is 4.81. The van der Waals surface area contributed by atoms with Crippen molar-refractivity contribution >= 4 is 11.8 Å². The number of benzene rings is 1. The maximum Gasteiger partial charge on any atom is 0.229 e. The number of rotatable bonds is 14. The van der Waals surface area contributed by atoms with Crippen LogP contribution in [0.1, 0.15) is 88.3 Å². The van der Waals surface area contributed by atoms with Gasteiger partial charge >= 0.3 is 0 Å². The number of ether oxygens (including phenoxy) is 1. The Kier molecular flexibility index (Phi) is 8.88. The van der Waals surface area contributed by atoms with E-state index in [2.05, 4.69) is 22.6 Å². The van der Waals surface area contributed by atoms with Crippen LogP contribution in [0.5, 0.6) is 5.75 Å². The molecule has 1 saturated heterocycles. The molecule has 2 aliphatic rings.